The predicted octanol–water partition coefficient (Wildman–Crippen LogP) is 5.28. The van der Waals surface area contributed by atoms with Crippen molar-refractivity contribution in [3.63, 3.8) is 0 Å². The zero-order chi connectivity index (χ0) is 24.5. The molecular formula is C28H22N2O5. The van der Waals surface area contributed by atoms with Gasteiger partial charge in [0.1, 0.15) is 5.75 Å². The number of ether oxygens (including phenoxy) is 1. The molecule has 0 aromatic heterocycles. The van der Waals surface area contributed by atoms with Gasteiger partial charge in [-0.05, 0) is 64.9 Å². The molecule has 1 unspecified atom stereocenters. The van der Waals surface area contributed by atoms with E-state index in [-0.39, 0.29) is 18.2 Å². The molecule has 1 aliphatic heterocycles. The first-order chi connectivity index (χ1) is 17.0. The third-order valence-corrected chi connectivity index (χ3v) is 6.17. The molecule has 2 amide bonds. The second kappa shape index (κ2) is 8.95. The van der Waals surface area contributed by atoms with Crippen molar-refractivity contribution in [3.8, 4) is 5.75 Å². The molecule has 1 aliphatic rings. The molecule has 0 saturated heterocycles. The lowest BCUT2D eigenvalue weighted by molar-refractivity contribution is -0.137. The van der Waals surface area contributed by atoms with Crippen LogP contribution in [0.4, 0.5) is 11.4 Å². The van der Waals surface area contributed by atoms with E-state index < -0.39 is 12.0 Å². The van der Waals surface area contributed by atoms with Crippen molar-refractivity contribution >= 4 is 39.9 Å². The second-order valence-corrected chi connectivity index (χ2v) is 8.28. The Morgan fingerprint density at radius 1 is 0.943 bits per heavy atom. The maximum Gasteiger partial charge on any atom is 0.305 e. The number of anilines is 2. The average molecular weight is 466 g/mol. The number of para-hydroxylation sites is 2. The van der Waals surface area contributed by atoms with Gasteiger partial charge in [0, 0.05) is 11.1 Å². The van der Waals surface area contributed by atoms with Gasteiger partial charge in [-0.2, -0.15) is 0 Å². The third kappa shape index (κ3) is 4.08. The van der Waals surface area contributed by atoms with Crippen molar-refractivity contribution in [2.24, 2.45) is 0 Å². The number of hydrogen-bond donors (Lipinski definition) is 2. The van der Waals surface area contributed by atoms with Gasteiger partial charge in [0.05, 0.1) is 30.9 Å². The largest absolute Gasteiger partial charge is 0.497 e. The lowest BCUT2D eigenvalue weighted by Crippen LogP contribution is -2.30. The van der Waals surface area contributed by atoms with E-state index in [2.05, 4.69) is 5.32 Å². The van der Waals surface area contributed by atoms with Gasteiger partial charge in [-0.3, -0.25) is 19.3 Å². The number of fused-ring (bicyclic) bond motifs is 2. The van der Waals surface area contributed by atoms with Gasteiger partial charge in [-0.15, -0.1) is 0 Å². The van der Waals surface area contributed by atoms with Crippen LogP contribution in [0.25, 0.3) is 10.8 Å². The topological polar surface area (TPSA) is 95.9 Å². The fourth-order valence-electron chi connectivity index (χ4n) is 4.50. The number of rotatable bonds is 6. The maximum atomic E-state index is 13.6. The fourth-order valence-corrected chi connectivity index (χ4v) is 4.50. The zero-order valence-corrected chi connectivity index (χ0v) is 18.9. The Bertz CT molecular complexity index is 1460. The number of amides is 2. The summed E-state index contributed by atoms with van der Waals surface area (Å²) in [5.41, 5.74) is 2.39. The lowest BCUT2D eigenvalue weighted by Gasteiger charge is -2.26. The van der Waals surface area contributed by atoms with Crippen molar-refractivity contribution in [2.45, 2.75) is 12.5 Å². The average Bonchev–Trinajstić information content (AvgIpc) is 3.12. The fraction of sp³-hybridized carbons (Fsp3) is 0.107. The van der Waals surface area contributed by atoms with Gasteiger partial charge in [-0.25, -0.2) is 0 Å². The molecule has 7 nitrogen and oxygen atoms in total. The van der Waals surface area contributed by atoms with Crippen LogP contribution in [0, 0.1) is 0 Å². The van der Waals surface area contributed by atoms with Crippen LogP contribution in [0.2, 0.25) is 0 Å². The van der Waals surface area contributed by atoms with Crippen LogP contribution in [0.3, 0.4) is 0 Å². The quantitative estimate of drug-likeness (QED) is 0.403. The summed E-state index contributed by atoms with van der Waals surface area (Å²) in [7, 11) is 1.55. The minimum absolute atomic E-state index is 0.266. The number of aliphatic carboxylic acids is 1. The Morgan fingerprint density at radius 3 is 2.29 bits per heavy atom. The summed E-state index contributed by atoms with van der Waals surface area (Å²) >= 11 is 0. The Morgan fingerprint density at radius 2 is 1.60 bits per heavy atom. The molecule has 0 radical (unpaired) electrons. The van der Waals surface area contributed by atoms with Gasteiger partial charge in [0.15, 0.2) is 0 Å². The Kier molecular flexibility index (Phi) is 5.66. The summed E-state index contributed by atoms with van der Waals surface area (Å²) in [5, 5.41) is 14.4. The number of hydrogen-bond acceptors (Lipinski definition) is 4. The maximum absolute atomic E-state index is 13.6. The molecule has 1 atom stereocenters. The number of nitrogens with one attached hydrogen (secondary N) is 1. The molecule has 7 heteroatoms. The van der Waals surface area contributed by atoms with E-state index in [1.165, 1.54) is 4.90 Å². The highest BCUT2D eigenvalue weighted by Gasteiger charge is 2.40. The van der Waals surface area contributed by atoms with Crippen molar-refractivity contribution < 1.29 is 24.2 Å². The molecule has 0 spiro atoms. The smallest absolute Gasteiger partial charge is 0.305 e. The van der Waals surface area contributed by atoms with Crippen molar-refractivity contribution in [3.05, 3.63) is 102 Å². The molecule has 0 aliphatic carbocycles. The summed E-state index contributed by atoms with van der Waals surface area (Å²) in [5.74, 6) is -1.05. The summed E-state index contributed by atoms with van der Waals surface area (Å²) < 4.78 is 5.14. The van der Waals surface area contributed by atoms with Gasteiger partial charge in [-0.1, -0.05) is 36.4 Å². The number of benzene rings is 4. The van der Waals surface area contributed by atoms with Crippen LogP contribution in [0.5, 0.6) is 5.75 Å². The molecular weight excluding hydrogens is 444 g/mol. The van der Waals surface area contributed by atoms with E-state index in [0.29, 0.717) is 33.8 Å². The lowest BCUT2D eigenvalue weighted by atomic mass is 9.97. The SMILES string of the molecule is COc1ccc(C(=O)Nc2ccccc2N2C(=O)c3cc4ccccc4cc3C2CC(=O)O)cc1. The number of carbonyl (C=O) groups excluding carboxylic acids is 2. The highest BCUT2D eigenvalue weighted by Crippen LogP contribution is 2.43. The Hall–Kier alpha value is -4.65. The highest BCUT2D eigenvalue weighted by molar-refractivity contribution is 6.16. The minimum Gasteiger partial charge on any atom is -0.497 e. The molecule has 4 aromatic carbocycles. The molecule has 2 N–H and O–H groups in total. The zero-order valence-electron chi connectivity index (χ0n) is 18.9. The Balaban J connectivity index is 1.55. The van der Waals surface area contributed by atoms with E-state index in [9.17, 15) is 19.5 Å². The van der Waals surface area contributed by atoms with Crippen LogP contribution in [-0.2, 0) is 4.79 Å². The summed E-state index contributed by atoms with van der Waals surface area (Å²) in [6.07, 6.45) is -0.266. The first-order valence-electron chi connectivity index (χ1n) is 11.1. The summed E-state index contributed by atoms with van der Waals surface area (Å²) in [6.45, 7) is 0. The standard InChI is InChI=1S/C28H22N2O5/c1-35-20-12-10-17(11-13-20)27(33)29-23-8-4-5-9-24(23)30-25(16-26(31)32)21-14-18-6-2-3-7-19(18)15-22(21)28(30)34/h2-15,25H,16H2,1H3,(H,29,33)(H,31,32). The molecule has 1 heterocycles. The van der Waals surface area contributed by atoms with Crippen molar-refractivity contribution in [1.82, 2.24) is 0 Å². The number of nitrogens with zero attached hydrogens (tertiary/aromatic N) is 1. The van der Waals surface area contributed by atoms with Crippen LogP contribution in [0.1, 0.15) is 38.7 Å². The molecule has 5 rings (SSSR count). The number of carboxylic acid groups (broad SMARTS) is 1. The molecule has 174 valence electrons. The number of carbonyl (C=O) groups is 3. The highest BCUT2D eigenvalue weighted by atomic mass is 16.5. The van der Waals surface area contributed by atoms with Crippen LogP contribution in [0.15, 0.2) is 84.9 Å². The monoisotopic (exact) mass is 466 g/mol. The summed E-state index contributed by atoms with van der Waals surface area (Å²) in [6, 6.07) is 24.2. The van der Waals surface area contributed by atoms with Crippen LogP contribution in [-0.4, -0.2) is 30.0 Å². The first-order valence-corrected chi connectivity index (χ1v) is 11.1. The normalized spacial score (nSPS) is 14.6. The predicted molar refractivity (Wildman–Crippen MR) is 133 cm³/mol. The van der Waals surface area contributed by atoms with Gasteiger partial charge < -0.3 is 15.2 Å². The van der Waals surface area contributed by atoms with Gasteiger partial charge in [0.25, 0.3) is 11.8 Å². The van der Waals surface area contributed by atoms with E-state index >= 15 is 0 Å². The molecule has 35 heavy (non-hydrogen) atoms. The van der Waals surface area contributed by atoms with E-state index in [1.54, 1.807) is 61.7 Å². The first kappa shape index (κ1) is 22.2. The molecule has 0 saturated carbocycles. The number of methoxy groups -OCH3 is 1. The molecule has 0 fully saturated rings. The Labute approximate surface area is 201 Å². The van der Waals surface area contributed by atoms with Crippen molar-refractivity contribution in [2.75, 3.05) is 17.3 Å². The number of carboxylic acids is 1. The third-order valence-electron chi connectivity index (χ3n) is 6.17. The van der Waals surface area contributed by atoms with Gasteiger partial charge >= 0.3 is 5.97 Å². The van der Waals surface area contributed by atoms with Crippen LogP contribution >= 0.6 is 0 Å². The van der Waals surface area contributed by atoms with E-state index in [4.69, 9.17) is 4.74 Å². The van der Waals surface area contributed by atoms with Gasteiger partial charge in [0.2, 0.25) is 0 Å². The molecule has 0 bridgehead atoms. The van der Waals surface area contributed by atoms with E-state index in [0.717, 1.165) is 10.8 Å². The molecule has 4 aromatic rings. The van der Waals surface area contributed by atoms with Crippen molar-refractivity contribution in [1.29, 1.82) is 0 Å². The second-order valence-electron chi connectivity index (χ2n) is 8.28. The summed E-state index contributed by atoms with van der Waals surface area (Å²) in [4.78, 5) is 39.8. The minimum atomic E-state index is -1.02. The van der Waals surface area contributed by atoms with Crippen LogP contribution < -0.4 is 15.0 Å². The van der Waals surface area contributed by atoms with E-state index in [1.807, 2.05) is 30.3 Å².